The molecule has 480 valence electrons. The van der Waals surface area contributed by atoms with Crippen molar-refractivity contribution in [2.75, 3.05) is 68.1 Å². The minimum absolute atomic E-state index is 0. The second kappa shape index (κ2) is 45.0. The van der Waals surface area contributed by atoms with E-state index in [0.29, 0.717) is 67.3 Å². The van der Waals surface area contributed by atoms with Crippen LogP contribution in [0, 0.1) is 58.4 Å². The van der Waals surface area contributed by atoms with Crippen molar-refractivity contribution < 1.29 is 69.3 Å². The molecule has 0 radical (unpaired) electrons. The van der Waals surface area contributed by atoms with Crippen molar-refractivity contribution in [2.24, 2.45) is 0 Å². The Morgan fingerprint density at radius 1 is 0.642 bits per heavy atom. The van der Waals surface area contributed by atoms with Gasteiger partial charge in [-0.2, -0.15) is 29.3 Å². The van der Waals surface area contributed by atoms with Gasteiger partial charge < -0.3 is 58.9 Å². The third kappa shape index (κ3) is 23.8. The van der Waals surface area contributed by atoms with E-state index in [1.807, 2.05) is 12.1 Å². The summed E-state index contributed by atoms with van der Waals surface area (Å²) < 4.78 is 47.3. The van der Waals surface area contributed by atoms with Gasteiger partial charge in [-0.25, -0.2) is 34.1 Å². The van der Waals surface area contributed by atoms with Crippen LogP contribution in [-0.4, -0.2) is 164 Å². The fourth-order valence-corrected chi connectivity index (χ4v) is 9.56. The molecule has 0 amide bonds. The number of aromatic amines is 1. The Kier molecular flexibility index (Phi) is 38.3. The number of aliphatic hydroxyl groups is 3. The molecule has 0 bridgehead atoms. The molecule has 22 nitrogen and oxygen atoms in total. The van der Waals surface area contributed by atoms with Crippen molar-refractivity contribution in [3.05, 3.63) is 204 Å². The van der Waals surface area contributed by atoms with Crippen LogP contribution in [-0.2, 0) is 11.6 Å². The second-order valence-corrected chi connectivity index (χ2v) is 19.5. The number of pyridine rings is 3. The van der Waals surface area contributed by atoms with Gasteiger partial charge in [-0.1, -0.05) is 84.5 Å². The van der Waals surface area contributed by atoms with Crippen LogP contribution in [0.25, 0.3) is 47.9 Å². The molecule has 0 fully saturated rings. The first-order valence-electron chi connectivity index (χ1n) is 28.0. The van der Waals surface area contributed by atoms with Gasteiger partial charge in [-0.15, -0.1) is 23.4 Å². The van der Waals surface area contributed by atoms with Crippen LogP contribution in [0.5, 0.6) is 34.9 Å². The molecule has 0 spiro atoms. The summed E-state index contributed by atoms with van der Waals surface area (Å²) in [5, 5.41) is 73.2. The Morgan fingerprint density at radius 2 is 1.02 bits per heavy atom. The monoisotopic (exact) mass is 1400 g/mol. The Balaban J connectivity index is 0.000000444. The van der Waals surface area contributed by atoms with E-state index in [9.17, 15) is 34.9 Å². The number of aliphatic hydroxyl groups excluding tert-OH is 3. The molecule has 30 heteroatoms. The number of nitrogens with one attached hydrogen (secondary N) is 1. The van der Waals surface area contributed by atoms with Crippen LogP contribution in [0.3, 0.4) is 0 Å². The number of ether oxygens (including phenoxy) is 6. The summed E-state index contributed by atoms with van der Waals surface area (Å²) >= 11 is 20.8. The van der Waals surface area contributed by atoms with Crippen molar-refractivity contribution in [3.8, 4) is 86.5 Å². The van der Waals surface area contributed by atoms with Crippen LogP contribution in [0.4, 0.5) is 21.5 Å². The number of hydrogen-bond donors (Lipinski definition) is 6. The van der Waals surface area contributed by atoms with Gasteiger partial charge in [-0.3, -0.25) is 4.39 Å². The quantitative estimate of drug-likeness (QED) is 0.00972. The number of methoxy groups -OCH3 is 3. The van der Waals surface area contributed by atoms with E-state index in [2.05, 4.69) is 35.6 Å². The topological polar surface area (TPSA) is 317 Å². The fourth-order valence-electron chi connectivity index (χ4n) is 8.01. The van der Waals surface area contributed by atoms with Crippen LogP contribution in [0.1, 0.15) is 49.9 Å². The molecule has 5 aromatic carbocycles. The third-order valence-electron chi connectivity index (χ3n) is 12.0. The summed E-state index contributed by atoms with van der Waals surface area (Å²) in [6.45, 7) is 22.6. The number of aromatic carboxylic acids is 2. The first-order valence-corrected chi connectivity index (χ1v) is 37.6. The SMILES string of the molecule is O=C(O)c1cccc(CCl)c1.S.[2H]CF.[C-]#[N+]c1c(OC)[nH]c(=S)c(C#N)c1-c1ccc(OCCO)cc1.[C-]#[N+]c1c(OC)nc(Cl)c(C#N)c1-c1ccc(OCCO)cc1.[C-]#[N+]c1c(OC)nc(SCc2cccc(C(=O)O)c2)c(C#N)c1-c1ccc(OCCO)cc1.[Na][Na]. The van der Waals surface area contributed by atoms with E-state index >= 15 is 0 Å². The maximum atomic E-state index is 11.2. The van der Waals surface area contributed by atoms with E-state index in [-0.39, 0.29) is 125 Å². The number of nitriles is 3. The van der Waals surface area contributed by atoms with Gasteiger partial charge in [0.15, 0.2) is 5.88 Å². The van der Waals surface area contributed by atoms with E-state index < -0.39 is 19.1 Å². The molecule has 8 aromatic rings. The van der Waals surface area contributed by atoms with Crippen LogP contribution in [0.15, 0.2) is 126 Å². The van der Waals surface area contributed by atoms with Crippen LogP contribution < -0.4 is 28.4 Å². The Morgan fingerprint density at radius 3 is 1.38 bits per heavy atom. The average molecular weight is 1400 g/mol. The Bertz CT molecular complexity index is 4230. The number of alkyl halides is 2. The molecule has 3 heterocycles. The van der Waals surface area contributed by atoms with E-state index in [0.717, 1.165) is 11.1 Å². The van der Waals surface area contributed by atoms with Gasteiger partial charge in [-0.05, 0) is 88.5 Å². The zero-order valence-corrected chi connectivity index (χ0v) is 59.6. The summed E-state index contributed by atoms with van der Waals surface area (Å²) in [5.41, 5.74) is 6.11. The molecule has 0 aliphatic heterocycles. The second-order valence-electron chi connectivity index (χ2n) is 17.5. The van der Waals surface area contributed by atoms with E-state index in [1.165, 1.54) is 82.8 Å². The van der Waals surface area contributed by atoms with E-state index in [4.69, 9.17) is 105 Å². The number of nitrogens with zero attached hydrogens (tertiary/aromatic N) is 8. The van der Waals surface area contributed by atoms with Gasteiger partial charge in [0.25, 0.3) is 17.1 Å². The molecule has 0 saturated heterocycles. The standard InChI is InChI=1S/C24H19N3O5S.C16H12ClN3O3.C16H13N3O3S.C8H7ClO2.CH3F.2Na.H2S/c1-26-21-20(16-6-8-18(9-7-16)32-11-10-28)19(13-25)23(27-22(21)31-2)33-14-15-4-3-5-17(12-15)24(29)30;1-19-14-13(12(9-18)15(17)20-16(14)22-2)10-3-5-11(6-4-10)23-8-7-21;1-18-14-13(12(9-17)16(23)19-15(14)21-2)10-3-5-11(6-4-10)22-8-7-20;9-5-6-2-1-3-7(4-6)8(10)11;1-2;;;/h3-9,12,28H,10-11,14H2,2H3,(H,29,30);3-6,21H,7-8H2,2H3;3-6,20H,7-8H2,2H3,(H,19,23);1-4H,5H2,(H,10,11);1H3;;;1H2/i;;;;1D;;;. The maximum absolute atomic E-state index is 11.2. The first-order chi connectivity index (χ1) is 46.0. The number of carboxylic acids is 2. The summed E-state index contributed by atoms with van der Waals surface area (Å²) in [5.74, 6) is 0.866. The van der Waals surface area contributed by atoms with Crippen molar-refractivity contribution in [3.63, 3.8) is 0 Å². The summed E-state index contributed by atoms with van der Waals surface area (Å²) in [6.07, 6.45) is 0. The Labute approximate surface area is 603 Å². The normalized spacial score (nSPS) is 9.65. The minimum atomic E-state index is -1.02. The molecule has 0 unspecified atom stereocenters. The summed E-state index contributed by atoms with van der Waals surface area (Å²) in [4.78, 5) is 43.2. The predicted molar refractivity (Wildman–Crippen MR) is 367 cm³/mol. The average Bonchev–Trinajstić information content (AvgIpc) is 0.797. The fraction of sp³-hybridized carbons (Fsp3) is 0.185. The zero-order chi connectivity index (χ0) is 70.4. The molecule has 0 aliphatic carbocycles. The summed E-state index contributed by atoms with van der Waals surface area (Å²) in [6, 6.07) is 39.7. The number of halogens is 3. The summed E-state index contributed by atoms with van der Waals surface area (Å²) in [7, 11) is 3.22. The van der Waals surface area contributed by atoms with Crippen LogP contribution >= 0.6 is 60.7 Å². The number of hydrogen-bond acceptors (Lipinski definition) is 18. The number of carboxylic acid groups (broad SMARTS) is 2. The van der Waals surface area contributed by atoms with Crippen molar-refractivity contribution in [2.45, 2.75) is 16.7 Å². The van der Waals surface area contributed by atoms with Gasteiger partial charge >= 0.3 is 55.6 Å². The molecule has 8 rings (SSSR count). The van der Waals surface area contributed by atoms with E-state index in [1.54, 1.807) is 115 Å². The molecule has 3 aromatic heterocycles. The van der Waals surface area contributed by atoms with Gasteiger partial charge in [0, 0.05) is 28.3 Å². The molecule has 6 N–H and O–H groups in total. The number of carbonyl (C=O) groups is 2. The predicted octanol–water partition coefficient (Wildman–Crippen LogP) is 13.0. The Hall–Kier alpha value is -8.46. The number of aromatic nitrogens is 3. The van der Waals surface area contributed by atoms with Gasteiger partial charge in [0.05, 0.1) is 97.2 Å². The van der Waals surface area contributed by atoms with Gasteiger partial charge in [0.2, 0.25) is 11.8 Å². The van der Waals surface area contributed by atoms with Crippen molar-refractivity contribution >= 4 is 133 Å². The molecular formula is C65H56Cl2FN9Na2O13S3. The third-order valence-corrected chi connectivity index (χ3v) is 13.9. The molecular weight excluding hydrogens is 1350 g/mol. The first kappa shape index (κ1) is 80.8. The number of H-pyrrole nitrogens is 1. The number of thioether (sulfide) groups is 1. The number of benzene rings is 5. The molecule has 0 atom stereocenters. The zero-order valence-electron chi connectivity index (χ0n) is 52.4. The molecule has 0 aliphatic rings. The van der Waals surface area contributed by atoms with Crippen LogP contribution in [0.2, 0.25) is 5.15 Å². The molecule has 0 saturated carbocycles. The van der Waals surface area contributed by atoms with Crippen molar-refractivity contribution in [1.29, 1.82) is 15.8 Å². The molecule has 95 heavy (non-hydrogen) atoms. The van der Waals surface area contributed by atoms with Gasteiger partial charge in [0.1, 0.15) is 70.1 Å². The number of rotatable bonds is 21. The van der Waals surface area contributed by atoms with Crippen molar-refractivity contribution in [1.82, 2.24) is 15.0 Å².